The zero-order valence-corrected chi connectivity index (χ0v) is 36.2. The second-order valence-electron chi connectivity index (χ2n) is 18.2. The Labute approximate surface area is 367 Å². The maximum absolute atomic E-state index is 15.2. The molecule has 63 heavy (non-hydrogen) atoms. The highest BCUT2D eigenvalue weighted by molar-refractivity contribution is 6.33. The zero-order valence-electron chi connectivity index (χ0n) is 35.5. The number of aliphatic hydroxyl groups is 1. The molecule has 2 aromatic carbocycles. The summed E-state index contributed by atoms with van der Waals surface area (Å²) in [6, 6.07) is 10.3. The molecule has 10 rings (SSSR count). The minimum atomic E-state index is -3.15. The molecular weight excluding hydrogens is 834 g/mol. The molecule has 0 spiro atoms. The summed E-state index contributed by atoms with van der Waals surface area (Å²) in [5.41, 5.74) is 2.74. The number of nitrogens with one attached hydrogen (secondary N) is 3. The van der Waals surface area contributed by atoms with Crippen LogP contribution in [0.25, 0.3) is 21.8 Å². The molecule has 1 aliphatic carbocycles. The number of piperidine rings is 3. The van der Waals surface area contributed by atoms with Crippen molar-refractivity contribution in [3.8, 4) is 5.75 Å². The largest absolute Gasteiger partial charge is 0.480 e. The predicted molar refractivity (Wildman–Crippen MR) is 236 cm³/mol. The Morgan fingerprint density at radius 1 is 0.952 bits per heavy atom. The summed E-state index contributed by atoms with van der Waals surface area (Å²) < 4.78 is 39.1. The summed E-state index contributed by atoms with van der Waals surface area (Å²) in [6.07, 6.45) is 6.81. The van der Waals surface area contributed by atoms with E-state index < -0.39 is 35.6 Å². The number of alkyl halides is 2. The van der Waals surface area contributed by atoms with Gasteiger partial charge in [-0.05, 0) is 93.9 Å². The van der Waals surface area contributed by atoms with Gasteiger partial charge in [-0.25, -0.2) is 13.8 Å². The van der Waals surface area contributed by atoms with E-state index in [1.54, 1.807) is 31.4 Å². The van der Waals surface area contributed by atoms with Crippen LogP contribution in [0.4, 0.5) is 37.6 Å². The Balaban J connectivity index is 0.803. The van der Waals surface area contributed by atoms with Crippen molar-refractivity contribution in [1.29, 1.82) is 0 Å². The number of para-hydroxylation sites is 1. The standard InChI is InChI=1S/C45H51ClF2N10O5/c1-44(62,25-13-17-57(18-14-25)33-6-4-5-28-35(54-56(3)37(28)33)29-10-12-34(59)51-41(29)60)26-15-19-58(20-16-26)43-49-22-31(46)40(53-43)50-27-9-11-32-30(21-27)36-38(42(61)55(32)2)63-23-45(47,48)39(52-36)24-7-8-24/h4-6,9,11,21-22,24-26,29,39,52,62H,7-8,10,12-20,23H2,1-3H3,(H,49,50,53)(H,51,59,60)/t29?,39-,44-/m0/s1. The Morgan fingerprint density at radius 3 is 2.37 bits per heavy atom. The molecule has 2 amide bonds. The minimum Gasteiger partial charge on any atom is -0.480 e. The number of rotatable bonds is 8. The highest BCUT2D eigenvalue weighted by Crippen LogP contribution is 2.46. The van der Waals surface area contributed by atoms with E-state index in [1.807, 2.05) is 30.8 Å². The van der Waals surface area contributed by atoms with E-state index in [-0.39, 0.29) is 41.0 Å². The van der Waals surface area contributed by atoms with Gasteiger partial charge in [0.15, 0.2) is 12.4 Å². The van der Waals surface area contributed by atoms with Crippen LogP contribution in [-0.2, 0) is 23.7 Å². The number of carbonyl (C=O) groups excluding carboxylic acids is 2. The van der Waals surface area contributed by atoms with E-state index in [4.69, 9.17) is 26.4 Å². The number of nitrogens with zero attached hydrogens (tertiary/aromatic N) is 7. The molecule has 4 fully saturated rings. The predicted octanol–water partition coefficient (Wildman–Crippen LogP) is 6.23. The summed E-state index contributed by atoms with van der Waals surface area (Å²) in [5.74, 6) is -3.43. The van der Waals surface area contributed by atoms with Crippen LogP contribution in [0.2, 0.25) is 5.02 Å². The number of halogens is 3. The van der Waals surface area contributed by atoms with Crippen LogP contribution in [-0.4, -0.2) is 91.6 Å². The quantitative estimate of drug-likeness (QED) is 0.130. The SMILES string of the molecule is Cn1nc(C2CCC(=O)NC2=O)c2cccc(N3CCC([C@](C)(O)C4CCN(c5ncc(Cl)c(Nc6ccc7c(c6)c6c(c(=O)n7C)OCC(F)(F)[C@H](C7CC7)N6)n5)CC4)CC3)c21. The normalized spacial score (nSPS) is 23.2. The number of pyridine rings is 1. The number of benzene rings is 2. The lowest BCUT2D eigenvalue weighted by molar-refractivity contribution is -0.134. The van der Waals surface area contributed by atoms with Gasteiger partial charge in [0.25, 0.3) is 5.56 Å². The van der Waals surface area contributed by atoms with E-state index >= 15 is 8.78 Å². The lowest BCUT2D eigenvalue weighted by Crippen LogP contribution is -2.51. The molecule has 3 atom stereocenters. The molecule has 0 radical (unpaired) electrons. The molecule has 332 valence electrons. The smallest absolute Gasteiger partial charge is 0.301 e. The lowest BCUT2D eigenvalue weighted by Gasteiger charge is -2.46. The molecule has 4 aliphatic heterocycles. The third kappa shape index (κ3) is 7.39. The van der Waals surface area contributed by atoms with Gasteiger partial charge in [0.1, 0.15) is 5.02 Å². The number of aryl methyl sites for hydroxylation is 2. The molecule has 5 aliphatic rings. The first-order valence-corrected chi connectivity index (χ1v) is 22.3. The molecule has 18 heteroatoms. The number of hydrogen-bond acceptors (Lipinski definition) is 12. The minimum absolute atomic E-state index is 0.0764. The number of ether oxygens (including phenoxy) is 1. The summed E-state index contributed by atoms with van der Waals surface area (Å²) in [6.45, 7) is 3.95. The number of amides is 2. The Kier molecular flexibility index (Phi) is 10.3. The molecule has 4 N–H and O–H groups in total. The molecular formula is C45H51ClF2N10O5. The van der Waals surface area contributed by atoms with Gasteiger partial charge in [-0.2, -0.15) is 10.1 Å². The van der Waals surface area contributed by atoms with Gasteiger partial charge in [0.05, 0.1) is 51.9 Å². The van der Waals surface area contributed by atoms with E-state index in [9.17, 15) is 19.5 Å². The second kappa shape index (κ2) is 15.6. The van der Waals surface area contributed by atoms with Gasteiger partial charge in [-0.15, -0.1) is 0 Å². The average Bonchev–Trinajstić information content (AvgIpc) is 4.08. The summed E-state index contributed by atoms with van der Waals surface area (Å²) in [4.78, 5) is 51.7. The highest BCUT2D eigenvalue weighted by Gasteiger charge is 2.51. The number of imide groups is 1. The van der Waals surface area contributed by atoms with Gasteiger partial charge in [-0.3, -0.25) is 24.4 Å². The van der Waals surface area contributed by atoms with Gasteiger partial charge in [0, 0.05) is 63.2 Å². The van der Waals surface area contributed by atoms with Gasteiger partial charge in [-0.1, -0.05) is 23.7 Å². The average molecular weight is 885 g/mol. The van der Waals surface area contributed by atoms with Crippen molar-refractivity contribution in [3.05, 3.63) is 63.7 Å². The lowest BCUT2D eigenvalue weighted by atomic mass is 9.70. The van der Waals surface area contributed by atoms with Crippen LogP contribution in [0, 0.1) is 17.8 Å². The van der Waals surface area contributed by atoms with Gasteiger partial charge in [0.2, 0.25) is 23.5 Å². The molecule has 15 nitrogen and oxygen atoms in total. The van der Waals surface area contributed by atoms with E-state index in [2.05, 4.69) is 36.8 Å². The van der Waals surface area contributed by atoms with Crippen LogP contribution in [0.1, 0.15) is 69.9 Å². The molecule has 1 saturated carbocycles. The fraction of sp³-hybridized carbons (Fsp3) is 0.511. The molecule has 5 aromatic rings. The second-order valence-corrected chi connectivity index (χ2v) is 18.6. The van der Waals surface area contributed by atoms with Crippen LogP contribution in [0.3, 0.4) is 0 Å². The Morgan fingerprint density at radius 2 is 1.67 bits per heavy atom. The van der Waals surface area contributed by atoms with Crippen molar-refractivity contribution < 1.29 is 28.2 Å². The van der Waals surface area contributed by atoms with Gasteiger partial charge < -0.3 is 34.8 Å². The van der Waals surface area contributed by atoms with Crippen molar-refractivity contribution in [2.24, 2.45) is 31.8 Å². The summed E-state index contributed by atoms with van der Waals surface area (Å²) >= 11 is 6.64. The topological polar surface area (TPSA) is 172 Å². The summed E-state index contributed by atoms with van der Waals surface area (Å²) in [5, 5.41) is 27.5. The molecule has 0 bridgehead atoms. The van der Waals surface area contributed by atoms with E-state index in [0.717, 1.165) is 55.4 Å². The number of hydrogen-bond donors (Lipinski definition) is 4. The fourth-order valence-electron chi connectivity index (χ4n) is 10.5. The van der Waals surface area contributed by atoms with E-state index in [0.29, 0.717) is 77.8 Å². The molecule has 1 unspecified atom stereocenters. The van der Waals surface area contributed by atoms with Crippen molar-refractivity contribution in [2.45, 2.75) is 81.8 Å². The van der Waals surface area contributed by atoms with Crippen molar-refractivity contribution in [1.82, 2.24) is 29.6 Å². The molecule has 7 heterocycles. The molecule has 3 aromatic heterocycles. The first kappa shape index (κ1) is 41.5. The maximum atomic E-state index is 15.2. The zero-order chi connectivity index (χ0) is 43.9. The van der Waals surface area contributed by atoms with Crippen LogP contribution >= 0.6 is 11.6 Å². The third-order valence-electron chi connectivity index (χ3n) is 14.3. The monoisotopic (exact) mass is 884 g/mol. The summed E-state index contributed by atoms with van der Waals surface area (Å²) in [7, 11) is 3.49. The number of aromatic nitrogens is 5. The fourth-order valence-corrected chi connectivity index (χ4v) is 10.7. The van der Waals surface area contributed by atoms with Crippen molar-refractivity contribution in [2.75, 3.05) is 53.2 Å². The Hall–Kier alpha value is -5.55. The van der Waals surface area contributed by atoms with Crippen molar-refractivity contribution in [3.63, 3.8) is 0 Å². The number of fused-ring (bicyclic) bond motifs is 4. The Bertz CT molecular complexity index is 2700. The highest BCUT2D eigenvalue weighted by atomic mass is 35.5. The van der Waals surface area contributed by atoms with E-state index in [1.165, 1.54) is 4.57 Å². The maximum Gasteiger partial charge on any atom is 0.301 e. The number of carbonyl (C=O) groups is 2. The molecule has 3 saturated heterocycles. The van der Waals surface area contributed by atoms with Crippen LogP contribution in [0.15, 0.2) is 47.4 Å². The van der Waals surface area contributed by atoms with Gasteiger partial charge >= 0.3 is 5.92 Å². The van der Waals surface area contributed by atoms with Crippen molar-refractivity contribution >= 4 is 74.0 Å². The van der Waals surface area contributed by atoms with Crippen LogP contribution in [0.5, 0.6) is 5.75 Å². The number of anilines is 5. The van der Waals surface area contributed by atoms with Crippen LogP contribution < -0.4 is 36.0 Å². The third-order valence-corrected chi connectivity index (χ3v) is 14.6. The first-order valence-electron chi connectivity index (χ1n) is 21.9. The first-order chi connectivity index (χ1) is 30.2.